The van der Waals surface area contributed by atoms with E-state index in [0.717, 1.165) is 26.1 Å². The van der Waals surface area contributed by atoms with Crippen LogP contribution in [0.3, 0.4) is 0 Å². The van der Waals surface area contributed by atoms with Gasteiger partial charge in [-0.15, -0.1) is 11.8 Å². The maximum atomic E-state index is 12.1. The van der Waals surface area contributed by atoms with Crippen LogP contribution in [0.15, 0.2) is 39.7 Å². The Balaban J connectivity index is 1.44. The molecule has 0 radical (unpaired) electrons. The summed E-state index contributed by atoms with van der Waals surface area (Å²) in [6.07, 6.45) is 0. The van der Waals surface area contributed by atoms with Gasteiger partial charge < -0.3 is 19.5 Å². The Kier molecular flexibility index (Phi) is 7.08. The second-order valence-corrected chi connectivity index (χ2v) is 8.59. The molecule has 2 aromatic rings. The van der Waals surface area contributed by atoms with Crippen molar-refractivity contribution in [3.8, 4) is 11.5 Å². The molecule has 0 saturated carbocycles. The average Bonchev–Trinajstić information content (AvgIpc) is 3.16. The van der Waals surface area contributed by atoms with Crippen LogP contribution in [0.4, 0.5) is 0 Å². The average molecular weight is 480 g/mol. The highest BCUT2D eigenvalue weighted by Gasteiger charge is 2.17. The monoisotopic (exact) mass is 479 g/mol. The van der Waals surface area contributed by atoms with Crippen molar-refractivity contribution < 1.29 is 23.8 Å². The van der Waals surface area contributed by atoms with Gasteiger partial charge in [0.2, 0.25) is 6.79 Å². The summed E-state index contributed by atoms with van der Waals surface area (Å²) in [6.45, 7) is 5.73. The van der Waals surface area contributed by atoms with E-state index in [2.05, 4.69) is 21.2 Å². The van der Waals surface area contributed by atoms with Crippen LogP contribution in [-0.4, -0.2) is 31.0 Å². The minimum absolute atomic E-state index is 0.146. The molecule has 0 spiro atoms. The summed E-state index contributed by atoms with van der Waals surface area (Å²) in [5, 5.41) is 2.81. The van der Waals surface area contributed by atoms with Crippen LogP contribution in [-0.2, 0) is 14.3 Å². The van der Waals surface area contributed by atoms with Crippen LogP contribution in [0.5, 0.6) is 11.5 Å². The van der Waals surface area contributed by atoms with Gasteiger partial charge in [0.05, 0.1) is 11.8 Å². The van der Waals surface area contributed by atoms with Crippen LogP contribution < -0.4 is 14.8 Å². The van der Waals surface area contributed by atoms with Crippen LogP contribution >= 0.6 is 27.7 Å². The van der Waals surface area contributed by atoms with Crippen molar-refractivity contribution in [1.29, 1.82) is 0 Å². The molecular weight excluding hydrogens is 458 g/mol. The Morgan fingerprint density at radius 3 is 2.72 bits per heavy atom. The molecule has 1 atom stereocenters. The number of nitrogens with one attached hydrogen (secondary N) is 1. The summed E-state index contributed by atoms with van der Waals surface area (Å²) in [4.78, 5) is 25.1. The zero-order valence-electron chi connectivity index (χ0n) is 16.4. The molecule has 1 N–H and O–H groups in total. The Hall–Kier alpha value is -2.19. The van der Waals surface area contributed by atoms with E-state index in [0.29, 0.717) is 11.5 Å². The van der Waals surface area contributed by atoms with Crippen molar-refractivity contribution in [2.24, 2.45) is 0 Å². The smallest absolute Gasteiger partial charge is 0.316 e. The van der Waals surface area contributed by atoms with Crippen molar-refractivity contribution in [3.63, 3.8) is 0 Å². The van der Waals surface area contributed by atoms with E-state index in [1.165, 1.54) is 11.8 Å². The number of aryl methyl sites for hydroxylation is 2. The van der Waals surface area contributed by atoms with Gasteiger partial charge in [0.15, 0.2) is 18.1 Å². The summed E-state index contributed by atoms with van der Waals surface area (Å²) in [5.74, 6) is 0.706. The van der Waals surface area contributed by atoms with Gasteiger partial charge in [-0.1, -0.05) is 22.0 Å². The fourth-order valence-corrected chi connectivity index (χ4v) is 4.14. The number of fused-ring (bicyclic) bond motifs is 1. The molecule has 3 rings (SSSR count). The molecular formula is C21H22BrNO5S. The molecule has 154 valence electrons. The number of benzene rings is 2. The summed E-state index contributed by atoms with van der Waals surface area (Å²) < 4.78 is 16.8. The number of esters is 1. The first kappa shape index (κ1) is 21.5. The maximum absolute atomic E-state index is 12.1. The van der Waals surface area contributed by atoms with Gasteiger partial charge in [0.25, 0.3) is 5.91 Å². The molecule has 1 amide bonds. The number of rotatable bonds is 7. The lowest BCUT2D eigenvalue weighted by Gasteiger charge is -2.15. The second kappa shape index (κ2) is 9.54. The minimum Gasteiger partial charge on any atom is -0.455 e. The fourth-order valence-electron chi connectivity index (χ4n) is 2.78. The lowest BCUT2D eigenvalue weighted by Crippen LogP contribution is -2.31. The highest BCUT2D eigenvalue weighted by atomic mass is 79.9. The Labute approximate surface area is 182 Å². The van der Waals surface area contributed by atoms with Gasteiger partial charge in [-0.2, -0.15) is 0 Å². The molecule has 0 aliphatic carbocycles. The number of hydrogen-bond acceptors (Lipinski definition) is 6. The van der Waals surface area contributed by atoms with Crippen molar-refractivity contribution in [2.45, 2.75) is 31.7 Å². The van der Waals surface area contributed by atoms with Crippen LogP contribution in [0.2, 0.25) is 0 Å². The predicted molar refractivity (Wildman–Crippen MR) is 114 cm³/mol. The zero-order chi connectivity index (χ0) is 21.0. The van der Waals surface area contributed by atoms with E-state index in [1.54, 1.807) is 0 Å². The first-order valence-electron chi connectivity index (χ1n) is 9.07. The van der Waals surface area contributed by atoms with E-state index in [-0.39, 0.29) is 31.1 Å². The Morgan fingerprint density at radius 2 is 1.93 bits per heavy atom. The molecule has 0 bridgehead atoms. The van der Waals surface area contributed by atoms with Crippen LogP contribution in [0.25, 0.3) is 0 Å². The number of thioether (sulfide) groups is 1. The molecule has 1 aliphatic rings. The molecule has 0 saturated heterocycles. The van der Waals surface area contributed by atoms with Crippen LogP contribution in [0.1, 0.15) is 29.7 Å². The first-order chi connectivity index (χ1) is 13.8. The number of amides is 1. The molecule has 0 aromatic heterocycles. The fraction of sp³-hybridized carbons (Fsp3) is 0.333. The van der Waals surface area contributed by atoms with Crippen molar-refractivity contribution in [1.82, 2.24) is 5.32 Å². The molecule has 2 aromatic carbocycles. The quantitative estimate of drug-likeness (QED) is 0.471. The van der Waals surface area contributed by atoms with E-state index >= 15 is 0 Å². The molecule has 6 nitrogen and oxygen atoms in total. The van der Waals surface area contributed by atoms with Gasteiger partial charge in [-0.05, 0) is 61.7 Å². The SMILES string of the molecule is Cc1cc(SCC(=O)OCC(=O)NC(C)c2ccc3c(c2)OCO3)c(C)cc1Br. The second-order valence-electron chi connectivity index (χ2n) is 6.72. The van der Waals surface area contributed by atoms with Crippen molar-refractivity contribution >= 4 is 39.6 Å². The zero-order valence-corrected chi connectivity index (χ0v) is 18.8. The number of hydrogen-bond donors (Lipinski definition) is 1. The lowest BCUT2D eigenvalue weighted by molar-refractivity contribution is -0.146. The van der Waals surface area contributed by atoms with Gasteiger partial charge in [0.1, 0.15) is 0 Å². The molecule has 1 unspecified atom stereocenters. The minimum atomic E-state index is -0.430. The first-order valence-corrected chi connectivity index (χ1v) is 10.9. The number of carbonyl (C=O) groups excluding carboxylic acids is 2. The standard InChI is InChI=1S/C21H22BrNO5S/c1-12-7-19(13(2)6-16(12)22)29-10-21(25)26-9-20(24)23-14(3)15-4-5-17-18(8-15)28-11-27-17/h4-8,14H,9-11H2,1-3H3,(H,23,24). The summed E-state index contributed by atoms with van der Waals surface area (Å²) in [6, 6.07) is 9.30. The topological polar surface area (TPSA) is 73.9 Å². The van der Waals surface area contributed by atoms with Crippen molar-refractivity contribution in [2.75, 3.05) is 19.2 Å². The highest BCUT2D eigenvalue weighted by molar-refractivity contribution is 9.10. The Morgan fingerprint density at radius 1 is 1.17 bits per heavy atom. The lowest BCUT2D eigenvalue weighted by atomic mass is 10.1. The molecule has 1 aliphatic heterocycles. The largest absolute Gasteiger partial charge is 0.455 e. The number of halogens is 1. The van der Waals surface area contributed by atoms with E-state index < -0.39 is 5.97 Å². The van der Waals surface area contributed by atoms with Crippen molar-refractivity contribution in [3.05, 3.63) is 51.5 Å². The highest BCUT2D eigenvalue weighted by Crippen LogP contribution is 2.34. The normalized spacial score (nSPS) is 13.1. The van der Waals surface area contributed by atoms with Gasteiger partial charge in [-0.3, -0.25) is 9.59 Å². The third kappa shape index (κ3) is 5.67. The number of ether oxygens (including phenoxy) is 3. The van der Waals surface area contributed by atoms with Gasteiger partial charge in [0, 0.05) is 9.37 Å². The molecule has 8 heteroatoms. The van der Waals surface area contributed by atoms with E-state index in [1.807, 2.05) is 51.1 Å². The summed E-state index contributed by atoms with van der Waals surface area (Å²) >= 11 is 4.89. The molecule has 29 heavy (non-hydrogen) atoms. The molecule has 1 heterocycles. The molecule has 0 fully saturated rings. The van der Waals surface area contributed by atoms with Gasteiger partial charge >= 0.3 is 5.97 Å². The van der Waals surface area contributed by atoms with Crippen LogP contribution in [0, 0.1) is 13.8 Å². The predicted octanol–water partition coefficient (Wildman–Crippen LogP) is 4.31. The van der Waals surface area contributed by atoms with E-state index in [9.17, 15) is 9.59 Å². The third-order valence-electron chi connectivity index (χ3n) is 4.44. The summed E-state index contributed by atoms with van der Waals surface area (Å²) in [7, 11) is 0. The maximum Gasteiger partial charge on any atom is 0.316 e. The summed E-state index contributed by atoms with van der Waals surface area (Å²) in [5.41, 5.74) is 3.06. The van der Waals surface area contributed by atoms with Gasteiger partial charge in [-0.25, -0.2) is 0 Å². The number of carbonyl (C=O) groups is 2. The van der Waals surface area contributed by atoms with E-state index in [4.69, 9.17) is 14.2 Å². The Bertz CT molecular complexity index is 934. The third-order valence-corrected chi connectivity index (χ3v) is 6.43.